The number of furan rings is 1. The summed E-state index contributed by atoms with van der Waals surface area (Å²) in [5.41, 5.74) is 0. The van der Waals surface area contributed by atoms with E-state index in [9.17, 15) is 0 Å². The van der Waals surface area contributed by atoms with E-state index in [0.29, 0.717) is 5.92 Å². The van der Waals surface area contributed by atoms with Crippen LogP contribution in [0.3, 0.4) is 0 Å². The lowest BCUT2D eigenvalue weighted by Gasteiger charge is -2.00. The second-order valence-corrected chi connectivity index (χ2v) is 6.34. The summed E-state index contributed by atoms with van der Waals surface area (Å²) in [7, 11) is 0. The molecule has 3 aliphatic carbocycles. The van der Waals surface area contributed by atoms with Gasteiger partial charge in [0.25, 0.3) is 0 Å². The van der Waals surface area contributed by atoms with Crippen LogP contribution in [0.2, 0.25) is 0 Å². The van der Waals surface area contributed by atoms with Crippen molar-refractivity contribution in [2.75, 3.05) is 6.54 Å². The normalized spacial score (nSPS) is 39.4. The van der Waals surface area contributed by atoms with Crippen molar-refractivity contribution in [1.29, 1.82) is 0 Å². The molecule has 2 heteroatoms. The van der Waals surface area contributed by atoms with Gasteiger partial charge in [0, 0.05) is 17.9 Å². The minimum atomic E-state index is 0.712. The molecule has 4 rings (SSSR count). The minimum absolute atomic E-state index is 0.712. The van der Waals surface area contributed by atoms with Crippen molar-refractivity contribution >= 4 is 0 Å². The van der Waals surface area contributed by atoms with E-state index in [1.54, 1.807) is 0 Å². The maximum Gasteiger partial charge on any atom is 0.107 e. The molecule has 1 heterocycles. The zero-order valence-electron chi connectivity index (χ0n) is 10.5. The molecule has 0 aromatic carbocycles. The quantitative estimate of drug-likeness (QED) is 0.841. The summed E-state index contributed by atoms with van der Waals surface area (Å²) in [5.74, 6) is 5.62. The molecule has 3 fully saturated rings. The Labute approximate surface area is 103 Å². The lowest BCUT2D eigenvalue weighted by Crippen LogP contribution is -2.19. The topological polar surface area (TPSA) is 25.2 Å². The van der Waals surface area contributed by atoms with Gasteiger partial charge in [-0.2, -0.15) is 0 Å². The van der Waals surface area contributed by atoms with Crippen molar-refractivity contribution in [1.82, 2.24) is 5.32 Å². The first-order chi connectivity index (χ1) is 8.31. The van der Waals surface area contributed by atoms with Gasteiger partial charge in [0.05, 0.1) is 0 Å². The lowest BCUT2D eigenvalue weighted by atomic mass is 10.2. The molecule has 0 amide bonds. The van der Waals surface area contributed by atoms with Gasteiger partial charge < -0.3 is 9.73 Å². The van der Waals surface area contributed by atoms with E-state index < -0.39 is 0 Å². The Balaban J connectivity index is 1.34. The molecule has 4 atom stereocenters. The standard InChI is InChI=1S/C15H21NO/c1-9-6-12(9)14-4-5-15(17-14)13-7-10(13)8-16-11-2-3-11/h4-5,9-13,16H,2-3,6-8H2,1H3. The Kier molecular flexibility index (Phi) is 2.17. The number of nitrogens with one attached hydrogen (secondary N) is 1. The second-order valence-electron chi connectivity index (χ2n) is 6.34. The van der Waals surface area contributed by atoms with Crippen molar-refractivity contribution in [2.45, 2.75) is 50.5 Å². The summed E-state index contributed by atoms with van der Waals surface area (Å²) >= 11 is 0. The van der Waals surface area contributed by atoms with E-state index in [-0.39, 0.29) is 0 Å². The zero-order valence-corrected chi connectivity index (χ0v) is 10.5. The van der Waals surface area contributed by atoms with Gasteiger partial charge in [0.1, 0.15) is 11.5 Å². The van der Waals surface area contributed by atoms with Gasteiger partial charge >= 0.3 is 0 Å². The van der Waals surface area contributed by atoms with Crippen molar-refractivity contribution in [3.8, 4) is 0 Å². The van der Waals surface area contributed by atoms with Crippen molar-refractivity contribution in [3.05, 3.63) is 23.7 Å². The largest absolute Gasteiger partial charge is 0.465 e. The first kappa shape index (κ1) is 10.2. The van der Waals surface area contributed by atoms with E-state index in [0.717, 1.165) is 23.8 Å². The highest BCUT2D eigenvalue weighted by atomic mass is 16.3. The number of rotatable bonds is 5. The van der Waals surface area contributed by atoms with Gasteiger partial charge in [0.15, 0.2) is 0 Å². The molecule has 4 unspecified atom stereocenters. The Morgan fingerprint density at radius 1 is 1.18 bits per heavy atom. The average molecular weight is 231 g/mol. The van der Waals surface area contributed by atoms with Gasteiger partial charge in [-0.3, -0.25) is 0 Å². The fourth-order valence-corrected chi connectivity index (χ4v) is 2.91. The molecule has 3 aliphatic rings. The molecule has 1 aromatic heterocycles. The molecule has 2 nitrogen and oxygen atoms in total. The molecule has 0 spiro atoms. The molecule has 0 aliphatic heterocycles. The van der Waals surface area contributed by atoms with Gasteiger partial charge in [0.2, 0.25) is 0 Å². The summed E-state index contributed by atoms with van der Waals surface area (Å²) in [6.45, 7) is 3.51. The van der Waals surface area contributed by atoms with Crippen LogP contribution in [0.5, 0.6) is 0 Å². The highest BCUT2D eigenvalue weighted by Crippen LogP contribution is 2.51. The van der Waals surface area contributed by atoms with Gasteiger partial charge in [-0.15, -0.1) is 0 Å². The van der Waals surface area contributed by atoms with E-state index in [1.165, 1.54) is 43.7 Å². The molecule has 17 heavy (non-hydrogen) atoms. The molecule has 1 N–H and O–H groups in total. The fourth-order valence-electron chi connectivity index (χ4n) is 2.91. The number of hydrogen-bond acceptors (Lipinski definition) is 2. The Bertz CT molecular complexity index is 420. The van der Waals surface area contributed by atoms with Crippen LogP contribution in [0.4, 0.5) is 0 Å². The van der Waals surface area contributed by atoms with E-state index in [2.05, 4.69) is 24.4 Å². The summed E-state index contributed by atoms with van der Waals surface area (Å²) in [4.78, 5) is 0. The highest BCUT2D eigenvalue weighted by molar-refractivity contribution is 5.23. The molecule has 0 bridgehead atoms. The Hall–Kier alpha value is -0.760. The first-order valence-electron chi connectivity index (χ1n) is 7.14. The van der Waals surface area contributed by atoms with Crippen molar-refractivity contribution in [2.24, 2.45) is 11.8 Å². The summed E-state index contributed by atoms with van der Waals surface area (Å²) in [6, 6.07) is 5.28. The van der Waals surface area contributed by atoms with Crippen LogP contribution in [-0.4, -0.2) is 12.6 Å². The van der Waals surface area contributed by atoms with Crippen LogP contribution in [0.25, 0.3) is 0 Å². The Morgan fingerprint density at radius 3 is 2.53 bits per heavy atom. The highest BCUT2D eigenvalue weighted by Gasteiger charge is 2.42. The lowest BCUT2D eigenvalue weighted by molar-refractivity contribution is 0.454. The first-order valence-corrected chi connectivity index (χ1v) is 7.14. The summed E-state index contributed by atoms with van der Waals surface area (Å²) < 4.78 is 6.03. The van der Waals surface area contributed by atoms with Crippen molar-refractivity contribution in [3.63, 3.8) is 0 Å². The van der Waals surface area contributed by atoms with Crippen LogP contribution in [0, 0.1) is 11.8 Å². The van der Waals surface area contributed by atoms with Gasteiger partial charge in [-0.1, -0.05) is 6.92 Å². The third kappa shape index (κ3) is 2.03. The third-order valence-corrected chi connectivity index (χ3v) is 4.66. The maximum atomic E-state index is 6.03. The third-order valence-electron chi connectivity index (χ3n) is 4.66. The van der Waals surface area contributed by atoms with Crippen LogP contribution >= 0.6 is 0 Å². The molecular formula is C15H21NO. The van der Waals surface area contributed by atoms with E-state index in [1.807, 2.05) is 0 Å². The zero-order chi connectivity index (χ0) is 11.4. The summed E-state index contributed by atoms with van der Waals surface area (Å²) in [5, 5.41) is 3.63. The minimum Gasteiger partial charge on any atom is -0.465 e. The molecule has 3 saturated carbocycles. The predicted molar refractivity (Wildman–Crippen MR) is 67.1 cm³/mol. The van der Waals surface area contributed by atoms with E-state index in [4.69, 9.17) is 4.42 Å². The van der Waals surface area contributed by atoms with E-state index >= 15 is 0 Å². The predicted octanol–water partition coefficient (Wildman–Crippen LogP) is 3.26. The van der Waals surface area contributed by atoms with Crippen LogP contribution in [-0.2, 0) is 0 Å². The monoisotopic (exact) mass is 231 g/mol. The second kappa shape index (κ2) is 3.61. The molecule has 0 saturated heterocycles. The van der Waals surface area contributed by atoms with Crippen LogP contribution in [0.1, 0.15) is 56.0 Å². The molecule has 92 valence electrons. The molecular weight excluding hydrogens is 210 g/mol. The number of hydrogen-bond donors (Lipinski definition) is 1. The van der Waals surface area contributed by atoms with Gasteiger partial charge in [-0.25, -0.2) is 0 Å². The summed E-state index contributed by atoms with van der Waals surface area (Å²) in [6.07, 6.45) is 5.43. The smallest absolute Gasteiger partial charge is 0.107 e. The Morgan fingerprint density at radius 2 is 1.88 bits per heavy atom. The van der Waals surface area contributed by atoms with Crippen LogP contribution < -0.4 is 5.32 Å². The fraction of sp³-hybridized carbons (Fsp3) is 0.733. The van der Waals surface area contributed by atoms with Crippen molar-refractivity contribution < 1.29 is 4.42 Å². The SMILES string of the molecule is CC1CC1c1ccc(C2CC2CNC2CC2)o1. The molecule has 1 aromatic rings. The maximum absolute atomic E-state index is 6.03. The average Bonchev–Trinajstić information content (AvgIpc) is 3.19. The van der Waals surface area contributed by atoms with Gasteiger partial charge in [-0.05, 0) is 56.2 Å². The van der Waals surface area contributed by atoms with Crippen LogP contribution in [0.15, 0.2) is 16.5 Å². The molecule has 0 radical (unpaired) electrons.